The summed E-state index contributed by atoms with van der Waals surface area (Å²) in [7, 11) is 0. The van der Waals surface area contributed by atoms with Crippen LogP contribution >= 0.6 is 0 Å². The molecule has 0 aliphatic carbocycles. The molecule has 0 saturated carbocycles. The van der Waals surface area contributed by atoms with Crippen LogP contribution in [0.1, 0.15) is 74.4 Å². The minimum atomic E-state index is -1.39. The van der Waals surface area contributed by atoms with Gasteiger partial charge in [0.1, 0.15) is 11.5 Å². The van der Waals surface area contributed by atoms with E-state index in [1.807, 2.05) is 19.3 Å². The Bertz CT molecular complexity index is 1390. The van der Waals surface area contributed by atoms with Crippen LogP contribution in [0.2, 0.25) is 0 Å². The maximum absolute atomic E-state index is 15.8. The Morgan fingerprint density at radius 1 is 0.838 bits per heavy atom. The van der Waals surface area contributed by atoms with E-state index in [9.17, 15) is 0 Å². The fourth-order valence-corrected chi connectivity index (χ4v) is 5.83. The summed E-state index contributed by atoms with van der Waals surface area (Å²) >= 11 is 0. The van der Waals surface area contributed by atoms with Crippen LogP contribution in [0.5, 0.6) is 0 Å². The predicted molar refractivity (Wildman–Crippen MR) is 156 cm³/mol. The van der Waals surface area contributed by atoms with Gasteiger partial charge in [0.25, 0.3) is 0 Å². The molecule has 0 bridgehead atoms. The lowest BCUT2D eigenvalue weighted by Crippen LogP contribution is -2.41. The monoisotopic (exact) mass is 496 g/mol. The molecule has 0 fully saturated rings. The van der Waals surface area contributed by atoms with Crippen LogP contribution in [-0.2, 0) is 11.8 Å². The molecule has 2 nitrogen and oxygen atoms in total. The first-order chi connectivity index (χ1) is 17.4. The smallest absolute Gasteiger partial charge is 0.144 e. The Hall–Kier alpha value is -3.20. The van der Waals surface area contributed by atoms with Gasteiger partial charge in [0, 0.05) is 23.4 Å². The highest BCUT2D eigenvalue weighted by molar-refractivity contribution is 5.75. The van der Waals surface area contributed by atoms with E-state index < -0.39 is 11.1 Å². The van der Waals surface area contributed by atoms with Gasteiger partial charge < -0.3 is 0 Å². The molecule has 194 valence electrons. The Balaban J connectivity index is 1.93. The summed E-state index contributed by atoms with van der Waals surface area (Å²) < 4.78 is 18.0. The van der Waals surface area contributed by atoms with Crippen LogP contribution in [-0.4, -0.2) is 15.2 Å². The zero-order chi connectivity index (χ0) is 27.1. The van der Waals surface area contributed by atoms with Gasteiger partial charge in [-0.3, -0.25) is 4.57 Å². The van der Waals surface area contributed by atoms with Crippen molar-refractivity contribution >= 4 is 0 Å². The highest BCUT2D eigenvalue weighted by Crippen LogP contribution is 2.45. The standard InChI is InChI=1S/C34H41FN2/c1-10-26-15-16-28(29(21-26)34(9,11-2)33(7,8)35)32-36-17-18-37(32)31-24(5)19-27(20-25(31)6)30-22(3)13-12-14-23(30)4/h12-21H,10-11H2,1-9H3. The van der Waals surface area contributed by atoms with Crippen LogP contribution < -0.4 is 0 Å². The van der Waals surface area contributed by atoms with Crippen molar-refractivity contribution in [2.24, 2.45) is 0 Å². The molecule has 0 N–H and O–H groups in total. The third-order valence-electron chi connectivity index (χ3n) is 8.49. The van der Waals surface area contributed by atoms with Crippen molar-refractivity contribution in [2.45, 2.75) is 86.2 Å². The van der Waals surface area contributed by atoms with Gasteiger partial charge in [-0.25, -0.2) is 9.37 Å². The molecular formula is C34H41FN2. The Labute approximate surface area is 222 Å². The lowest BCUT2D eigenvalue weighted by Gasteiger charge is -2.40. The second-order valence-electron chi connectivity index (χ2n) is 11.2. The molecule has 37 heavy (non-hydrogen) atoms. The predicted octanol–water partition coefficient (Wildman–Crippen LogP) is 9.42. The zero-order valence-corrected chi connectivity index (χ0v) is 24.0. The lowest BCUT2D eigenvalue weighted by atomic mass is 9.67. The molecule has 3 aromatic carbocycles. The van der Waals surface area contributed by atoms with Crippen molar-refractivity contribution in [3.8, 4) is 28.2 Å². The van der Waals surface area contributed by atoms with E-state index >= 15 is 4.39 Å². The SMILES string of the molecule is CCc1ccc(-c2nccn2-c2c(C)cc(-c3c(C)cccc3C)cc2C)c(C(C)(CC)C(C)(C)F)c1. The van der Waals surface area contributed by atoms with Crippen molar-refractivity contribution in [3.05, 3.63) is 94.3 Å². The molecule has 0 saturated heterocycles. The van der Waals surface area contributed by atoms with E-state index in [4.69, 9.17) is 4.98 Å². The van der Waals surface area contributed by atoms with Gasteiger partial charge in [0.2, 0.25) is 0 Å². The van der Waals surface area contributed by atoms with Gasteiger partial charge in [-0.15, -0.1) is 0 Å². The first kappa shape index (κ1) is 26.9. The molecule has 4 aromatic rings. The number of alkyl halides is 1. The number of benzene rings is 3. The summed E-state index contributed by atoms with van der Waals surface area (Å²) in [6.45, 7) is 18.4. The van der Waals surface area contributed by atoms with Gasteiger partial charge in [0.05, 0.1) is 5.69 Å². The number of hydrogen-bond donors (Lipinski definition) is 0. The average molecular weight is 497 g/mol. The molecule has 0 aliphatic rings. The molecule has 0 spiro atoms. The molecule has 3 heteroatoms. The van der Waals surface area contributed by atoms with Crippen molar-refractivity contribution in [1.29, 1.82) is 0 Å². The maximum atomic E-state index is 15.8. The normalized spacial score (nSPS) is 13.6. The van der Waals surface area contributed by atoms with Gasteiger partial charge >= 0.3 is 0 Å². The van der Waals surface area contributed by atoms with Crippen LogP contribution in [0.25, 0.3) is 28.2 Å². The zero-order valence-electron chi connectivity index (χ0n) is 24.0. The van der Waals surface area contributed by atoms with E-state index in [1.165, 1.54) is 38.9 Å². The van der Waals surface area contributed by atoms with Gasteiger partial charge in [0.15, 0.2) is 0 Å². The van der Waals surface area contributed by atoms with Crippen LogP contribution in [0.15, 0.2) is 60.9 Å². The van der Waals surface area contributed by atoms with E-state index in [0.29, 0.717) is 6.42 Å². The van der Waals surface area contributed by atoms with Crippen LogP contribution in [0.3, 0.4) is 0 Å². The number of aromatic nitrogens is 2. The number of rotatable bonds is 7. The molecule has 1 heterocycles. The van der Waals surface area contributed by atoms with Crippen LogP contribution in [0.4, 0.5) is 4.39 Å². The minimum Gasteiger partial charge on any atom is -0.299 e. The van der Waals surface area contributed by atoms with Crippen molar-refractivity contribution in [2.75, 3.05) is 0 Å². The highest BCUT2D eigenvalue weighted by atomic mass is 19.1. The molecule has 4 rings (SSSR count). The summed E-state index contributed by atoms with van der Waals surface area (Å²) in [6.07, 6.45) is 5.49. The topological polar surface area (TPSA) is 17.8 Å². The summed E-state index contributed by atoms with van der Waals surface area (Å²) in [5, 5.41) is 0. The fourth-order valence-electron chi connectivity index (χ4n) is 5.83. The van der Waals surface area contributed by atoms with E-state index in [2.05, 4.69) is 94.6 Å². The Morgan fingerprint density at radius 2 is 1.46 bits per heavy atom. The lowest BCUT2D eigenvalue weighted by molar-refractivity contribution is 0.0977. The molecule has 0 amide bonds. The quantitative estimate of drug-likeness (QED) is 0.249. The molecule has 1 aromatic heterocycles. The van der Waals surface area contributed by atoms with Crippen molar-refractivity contribution in [1.82, 2.24) is 9.55 Å². The van der Waals surface area contributed by atoms with E-state index in [1.54, 1.807) is 13.8 Å². The number of nitrogens with zero attached hydrogens (tertiary/aromatic N) is 2. The molecule has 0 radical (unpaired) electrons. The first-order valence-corrected chi connectivity index (χ1v) is 13.5. The summed E-state index contributed by atoms with van der Waals surface area (Å²) in [6, 6.07) is 17.5. The molecule has 1 unspecified atom stereocenters. The maximum Gasteiger partial charge on any atom is 0.144 e. The number of hydrogen-bond acceptors (Lipinski definition) is 1. The fraction of sp³-hybridized carbons (Fsp3) is 0.382. The number of imidazole rings is 1. The second-order valence-corrected chi connectivity index (χ2v) is 11.2. The summed E-state index contributed by atoms with van der Waals surface area (Å²) in [4.78, 5) is 4.84. The van der Waals surface area contributed by atoms with E-state index in [0.717, 1.165) is 29.1 Å². The first-order valence-electron chi connectivity index (χ1n) is 13.5. The van der Waals surface area contributed by atoms with Crippen molar-refractivity contribution in [3.63, 3.8) is 0 Å². The summed E-state index contributed by atoms with van der Waals surface area (Å²) in [5.74, 6) is 0.854. The second kappa shape index (κ2) is 9.93. The third kappa shape index (κ3) is 4.65. The van der Waals surface area contributed by atoms with Gasteiger partial charge in [-0.05, 0) is 111 Å². The molecule has 0 aliphatic heterocycles. The Kier molecular flexibility index (Phi) is 7.21. The minimum absolute atomic E-state index is 0.652. The van der Waals surface area contributed by atoms with Gasteiger partial charge in [-0.1, -0.05) is 57.2 Å². The largest absolute Gasteiger partial charge is 0.299 e. The number of halogens is 1. The van der Waals surface area contributed by atoms with Crippen molar-refractivity contribution < 1.29 is 4.39 Å². The molecule has 1 atom stereocenters. The summed E-state index contributed by atoms with van der Waals surface area (Å²) in [5.41, 5.74) is 9.80. The van der Waals surface area contributed by atoms with E-state index in [-0.39, 0.29) is 0 Å². The average Bonchev–Trinajstić information content (AvgIpc) is 3.31. The molecular weight excluding hydrogens is 455 g/mol. The highest BCUT2D eigenvalue weighted by Gasteiger charge is 2.43. The van der Waals surface area contributed by atoms with Crippen LogP contribution in [0, 0.1) is 27.7 Å². The third-order valence-corrected chi connectivity index (χ3v) is 8.49. The van der Waals surface area contributed by atoms with Gasteiger partial charge in [-0.2, -0.15) is 0 Å². The Morgan fingerprint density at radius 3 is 2.00 bits per heavy atom. The number of aryl methyl sites for hydroxylation is 5.